The number of hydrogen-bond acceptors (Lipinski definition) is 4. The molecule has 1 saturated carbocycles. The third-order valence-corrected chi connectivity index (χ3v) is 6.43. The molecule has 3 fully saturated rings. The summed E-state index contributed by atoms with van der Waals surface area (Å²) in [7, 11) is 0. The monoisotopic (exact) mass is 398 g/mol. The predicted molar refractivity (Wildman–Crippen MR) is 109 cm³/mol. The zero-order valence-electron chi connectivity index (χ0n) is 17.5. The second-order valence-electron chi connectivity index (χ2n) is 8.51. The van der Waals surface area contributed by atoms with Gasteiger partial charge in [0.15, 0.2) is 12.1 Å². The summed E-state index contributed by atoms with van der Waals surface area (Å²) in [6, 6.07) is 5.51. The Hall–Kier alpha value is -2.41. The topological polar surface area (TPSA) is 73.0 Å². The van der Waals surface area contributed by atoms with E-state index in [1.165, 1.54) is 5.01 Å². The minimum absolute atomic E-state index is 0.0400. The Bertz CT molecular complexity index is 839. The van der Waals surface area contributed by atoms with Crippen LogP contribution in [0.3, 0.4) is 0 Å². The number of nitrogens with zero attached hydrogens (tertiary/aromatic N) is 3. The fourth-order valence-corrected chi connectivity index (χ4v) is 4.96. The zero-order valence-corrected chi connectivity index (χ0v) is 17.5. The van der Waals surface area contributed by atoms with E-state index in [2.05, 4.69) is 5.43 Å². The van der Waals surface area contributed by atoms with Gasteiger partial charge in [-0.1, -0.05) is 37.5 Å². The summed E-state index contributed by atoms with van der Waals surface area (Å²) >= 11 is 0. The molecule has 2 heterocycles. The van der Waals surface area contributed by atoms with Crippen LogP contribution in [0.2, 0.25) is 0 Å². The van der Waals surface area contributed by atoms with Crippen molar-refractivity contribution in [1.29, 1.82) is 0 Å². The normalized spacial score (nSPS) is 26.6. The van der Waals surface area contributed by atoms with Crippen LogP contribution in [0.4, 0.5) is 4.79 Å². The van der Waals surface area contributed by atoms with Crippen LogP contribution in [0.25, 0.3) is 0 Å². The Balaban J connectivity index is 1.58. The lowest BCUT2D eigenvalue weighted by molar-refractivity contribution is -0.156. The molecule has 0 radical (unpaired) electrons. The van der Waals surface area contributed by atoms with E-state index >= 15 is 0 Å². The van der Waals surface area contributed by atoms with Crippen LogP contribution in [0.15, 0.2) is 18.2 Å². The number of urea groups is 1. The summed E-state index contributed by atoms with van der Waals surface area (Å²) in [6.07, 6.45) is 4.08. The average Bonchev–Trinajstić information content (AvgIpc) is 3.03. The van der Waals surface area contributed by atoms with Crippen molar-refractivity contribution in [3.8, 4) is 0 Å². The third kappa shape index (κ3) is 3.41. The number of ketones is 1. The lowest BCUT2D eigenvalue weighted by Crippen LogP contribution is -2.66. The van der Waals surface area contributed by atoms with Crippen molar-refractivity contribution in [2.75, 3.05) is 13.1 Å². The first-order valence-electron chi connectivity index (χ1n) is 10.7. The molecule has 156 valence electrons. The number of nitrogens with one attached hydrogen (secondary N) is 1. The first-order chi connectivity index (χ1) is 13.9. The quantitative estimate of drug-likeness (QED) is 0.774. The van der Waals surface area contributed by atoms with Gasteiger partial charge in [-0.05, 0) is 44.7 Å². The predicted octanol–water partition coefficient (Wildman–Crippen LogP) is 2.82. The van der Waals surface area contributed by atoms with E-state index in [4.69, 9.17) is 0 Å². The summed E-state index contributed by atoms with van der Waals surface area (Å²) in [4.78, 5) is 42.9. The standard InChI is InChI=1S/C22H30N4O3/c1-4-11-24-20(28)16-7-5-6-8-18(16)26-21(24)23-25(22(26)29)13-19(27)17-12-14(2)9-10-15(17)3/h9-10,12,16,18,21,23H,4-8,11,13H2,1-3H3. The smallest absolute Gasteiger partial charge is 0.308 e. The van der Waals surface area contributed by atoms with Gasteiger partial charge in [-0.15, -0.1) is 0 Å². The molecule has 3 unspecified atom stereocenters. The molecule has 2 saturated heterocycles. The molecule has 3 atom stereocenters. The number of Topliss-reactive ketones (excluding diaryl/α,β-unsaturated/α-hetero) is 1. The Morgan fingerprint density at radius 2 is 1.93 bits per heavy atom. The second-order valence-corrected chi connectivity index (χ2v) is 8.51. The van der Waals surface area contributed by atoms with Crippen molar-refractivity contribution < 1.29 is 14.4 Å². The van der Waals surface area contributed by atoms with Crippen molar-refractivity contribution in [2.45, 2.75) is 65.2 Å². The highest BCUT2D eigenvalue weighted by molar-refractivity contribution is 6.00. The Morgan fingerprint density at radius 3 is 2.69 bits per heavy atom. The maximum atomic E-state index is 13.3. The summed E-state index contributed by atoms with van der Waals surface area (Å²) < 4.78 is 0. The molecule has 3 aliphatic rings. The molecule has 0 spiro atoms. The summed E-state index contributed by atoms with van der Waals surface area (Å²) in [5, 5.41) is 1.40. The van der Waals surface area contributed by atoms with Crippen LogP contribution in [0.5, 0.6) is 0 Å². The van der Waals surface area contributed by atoms with Crippen molar-refractivity contribution >= 4 is 17.7 Å². The SMILES string of the molecule is CCCN1C(=O)C2CCCCC2N2C(=O)N(CC(=O)c3cc(C)ccc3C)NC12. The summed E-state index contributed by atoms with van der Waals surface area (Å²) in [5.74, 6) is -0.0757. The minimum Gasteiger partial charge on any atom is -0.308 e. The van der Waals surface area contributed by atoms with Crippen molar-refractivity contribution in [3.63, 3.8) is 0 Å². The number of rotatable bonds is 5. The van der Waals surface area contributed by atoms with Crippen LogP contribution >= 0.6 is 0 Å². The highest BCUT2D eigenvalue weighted by Crippen LogP contribution is 2.38. The number of hydrazine groups is 1. The van der Waals surface area contributed by atoms with Gasteiger partial charge in [0.05, 0.1) is 5.92 Å². The van der Waals surface area contributed by atoms with Gasteiger partial charge in [0, 0.05) is 18.2 Å². The van der Waals surface area contributed by atoms with Gasteiger partial charge in [-0.25, -0.2) is 9.80 Å². The fourth-order valence-electron chi connectivity index (χ4n) is 4.96. The number of carbonyl (C=O) groups excluding carboxylic acids is 3. The number of aryl methyl sites for hydroxylation is 2. The summed E-state index contributed by atoms with van der Waals surface area (Å²) in [5.41, 5.74) is 5.73. The van der Waals surface area contributed by atoms with Crippen molar-refractivity contribution in [3.05, 3.63) is 34.9 Å². The molecule has 2 aliphatic heterocycles. The van der Waals surface area contributed by atoms with E-state index in [9.17, 15) is 14.4 Å². The van der Waals surface area contributed by atoms with E-state index < -0.39 is 6.29 Å². The van der Waals surface area contributed by atoms with Crippen LogP contribution in [-0.2, 0) is 4.79 Å². The van der Waals surface area contributed by atoms with Gasteiger partial charge >= 0.3 is 6.03 Å². The molecule has 1 N–H and O–H groups in total. The molecular formula is C22H30N4O3. The van der Waals surface area contributed by atoms with Gasteiger partial charge < -0.3 is 4.90 Å². The Morgan fingerprint density at radius 1 is 1.17 bits per heavy atom. The van der Waals surface area contributed by atoms with Gasteiger partial charge in [0.1, 0.15) is 6.54 Å². The van der Waals surface area contributed by atoms with Gasteiger partial charge in [-0.2, -0.15) is 5.43 Å². The van der Waals surface area contributed by atoms with E-state index in [0.29, 0.717) is 12.1 Å². The van der Waals surface area contributed by atoms with Crippen molar-refractivity contribution in [1.82, 2.24) is 20.2 Å². The van der Waals surface area contributed by atoms with Crippen LogP contribution in [0.1, 0.15) is 60.5 Å². The number of amides is 3. The maximum absolute atomic E-state index is 13.3. The molecule has 3 amide bonds. The molecule has 0 aromatic heterocycles. The van der Waals surface area contributed by atoms with E-state index in [1.54, 1.807) is 4.90 Å². The fraction of sp³-hybridized carbons (Fsp3) is 0.591. The molecule has 1 aliphatic carbocycles. The van der Waals surface area contributed by atoms with E-state index in [-0.39, 0.29) is 36.2 Å². The van der Waals surface area contributed by atoms with E-state index in [0.717, 1.165) is 43.2 Å². The lowest BCUT2D eigenvalue weighted by atomic mass is 9.81. The van der Waals surface area contributed by atoms with Gasteiger partial charge in [-0.3, -0.25) is 14.5 Å². The zero-order chi connectivity index (χ0) is 20.7. The minimum atomic E-state index is -0.485. The molecule has 1 aromatic carbocycles. The largest absolute Gasteiger partial charge is 0.337 e. The molecule has 1 aromatic rings. The third-order valence-electron chi connectivity index (χ3n) is 6.43. The number of hydrogen-bond donors (Lipinski definition) is 1. The maximum Gasteiger partial charge on any atom is 0.337 e. The summed E-state index contributed by atoms with van der Waals surface area (Å²) in [6.45, 7) is 6.45. The molecule has 4 rings (SSSR count). The van der Waals surface area contributed by atoms with Gasteiger partial charge in [0.2, 0.25) is 5.91 Å². The van der Waals surface area contributed by atoms with Crippen LogP contribution in [0, 0.1) is 19.8 Å². The Kier molecular flexibility index (Phi) is 5.34. The lowest BCUT2D eigenvalue weighted by Gasteiger charge is -2.48. The molecule has 29 heavy (non-hydrogen) atoms. The van der Waals surface area contributed by atoms with E-state index in [1.807, 2.05) is 43.9 Å². The Labute approximate surface area is 172 Å². The molecule has 0 bridgehead atoms. The van der Waals surface area contributed by atoms with Crippen LogP contribution < -0.4 is 5.43 Å². The second kappa shape index (κ2) is 7.78. The van der Waals surface area contributed by atoms with Crippen molar-refractivity contribution in [2.24, 2.45) is 5.92 Å². The molecule has 7 heteroatoms. The van der Waals surface area contributed by atoms with Crippen LogP contribution in [-0.4, -0.2) is 58.0 Å². The molecule has 7 nitrogen and oxygen atoms in total. The highest BCUT2D eigenvalue weighted by atomic mass is 16.2. The average molecular weight is 399 g/mol. The highest BCUT2D eigenvalue weighted by Gasteiger charge is 2.54. The number of carbonyl (C=O) groups is 3. The first kappa shape index (κ1) is 19.9. The number of fused-ring (bicyclic) bond motifs is 3. The molecular weight excluding hydrogens is 368 g/mol. The number of benzene rings is 1. The van der Waals surface area contributed by atoms with Gasteiger partial charge in [0.25, 0.3) is 0 Å². The first-order valence-corrected chi connectivity index (χ1v) is 10.7.